The van der Waals surface area contributed by atoms with Gasteiger partial charge in [0.15, 0.2) is 3.95 Å². The van der Waals surface area contributed by atoms with Gasteiger partial charge in [0.05, 0.1) is 16.4 Å². The van der Waals surface area contributed by atoms with E-state index in [0.717, 1.165) is 22.1 Å². The third kappa shape index (κ3) is 3.15. The first-order valence-corrected chi connectivity index (χ1v) is 7.92. The Balaban J connectivity index is 1.95. The van der Waals surface area contributed by atoms with Crippen molar-refractivity contribution in [1.82, 2.24) is 9.78 Å². The van der Waals surface area contributed by atoms with Gasteiger partial charge in [-0.3, -0.25) is 0 Å². The molecule has 3 rings (SSSR count). The minimum absolute atomic E-state index is 0.660. The van der Waals surface area contributed by atoms with Crippen molar-refractivity contribution in [2.24, 2.45) is 0 Å². The fraction of sp³-hybridized carbons (Fsp3) is 0.0667. The summed E-state index contributed by atoms with van der Waals surface area (Å²) in [7, 11) is 0. The molecule has 0 aliphatic carbocycles. The summed E-state index contributed by atoms with van der Waals surface area (Å²) >= 11 is 13.0. The summed E-state index contributed by atoms with van der Waals surface area (Å²) in [5.41, 5.74) is 2.91. The number of anilines is 2. The number of nitrogens with one attached hydrogen (secondary N) is 1. The molecule has 0 spiro atoms. The van der Waals surface area contributed by atoms with Crippen LogP contribution >= 0.6 is 35.2 Å². The lowest BCUT2D eigenvalue weighted by atomic mass is 10.2. The highest BCUT2D eigenvalue weighted by molar-refractivity contribution is 7.73. The van der Waals surface area contributed by atoms with E-state index in [1.54, 1.807) is 4.68 Å². The molecule has 106 valence electrons. The number of hydrogen-bond acceptors (Lipinski definition) is 4. The maximum atomic E-state index is 6.19. The summed E-state index contributed by atoms with van der Waals surface area (Å²) in [4.78, 5) is 0. The minimum atomic E-state index is 0.660. The van der Waals surface area contributed by atoms with Crippen LogP contribution in [0.15, 0.2) is 48.5 Å². The van der Waals surface area contributed by atoms with Crippen LogP contribution in [-0.4, -0.2) is 9.78 Å². The SMILES string of the molecule is Cc1ccc(Cl)c(Nc2nn(-c3ccccc3)c(=S)s2)c1. The lowest BCUT2D eigenvalue weighted by Crippen LogP contribution is -1.98. The third-order valence-electron chi connectivity index (χ3n) is 2.91. The van der Waals surface area contributed by atoms with Gasteiger partial charge in [-0.1, -0.05) is 47.2 Å². The van der Waals surface area contributed by atoms with Gasteiger partial charge >= 0.3 is 0 Å². The molecule has 3 nitrogen and oxygen atoms in total. The van der Waals surface area contributed by atoms with Gasteiger partial charge in [-0.05, 0) is 49.0 Å². The van der Waals surface area contributed by atoms with E-state index in [0.29, 0.717) is 8.98 Å². The van der Waals surface area contributed by atoms with Crippen LogP contribution in [0.1, 0.15) is 5.56 Å². The Morgan fingerprint density at radius 1 is 1.19 bits per heavy atom. The maximum absolute atomic E-state index is 6.19. The topological polar surface area (TPSA) is 29.9 Å². The van der Waals surface area contributed by atoms with Crippen LogP contribution in [0.5, 0.6) is 0 Å². The second kappa shape index (κ2) is 5.97. The first-order valence-electron chi connectivity index (χ1n) is 6.32. The van der Waals surface area contributed by atoms with Crippen LogP contribution in [0.4, 0.5) is 10.8 Å². The van der Waals surface area contributed by atoms with Crippen LogP contribution in [0.25, 0.3) is 5.69 Å². The van der Waals surface area contributed by atoms with Crippen molar-refractivity contribution in [2.45, 2.75) is 6.92 Å². The fourth-order valence-electron chi connectivity index (χ4n) is 1.91. The van der Waals surface area contributed by atoms with E-state index in [2.05, 4.69) is 10.4 Å². The van der Waals surface area contributed by atoms with E-state index in [1.807, 2.05) is 55.5 Å². The molecular formula is C15H12ClN3S2. The molecule has 0 atom stereocenters. The number of hydrogen-bond donors (Lipinski definition) is 1. The van der Waals surface area contributed by atoms with Crippen molar-refractivity contribution >= 4 is 46.0 Å². The zero-order chi connectivity index (χ0) is 14.8. The van der Waals surface area contributed by atoms with Gasteiger partial charge in [0.2, 0.25) is 5.13 Å². The zero-order valence-corrected chi connectivity index (χ0v) is 13.6. The number of halogens is 1. The predicted molar refractivity (Wildman–Crippen MR) is 91.7 cm³/mol. The highest BCUT2D eigenvalue weighted by atomic mass is 35.5. The van der Waals surface area contributed by atoms with Crippen molar-refractivity contribution in [3.05, 3.63) is 63.1 Å². The number of aromatic nitrogens is 2. The second-order valence-corrected chi connectivity index (χ2v) is 6.56. The smallest absolute Gasteiger partial charge is 0.209 e. The third-order valence-corrected chi connectivity index (χ3v) is 4.39. The largest absolute Gasteiger partial charge is 0.329 e. The summed E-state index contributed by atoms with van der Waals surface area (Å²) in [6, 6.07) is 15.6. The van der Waals surface area contributed by atoms with Gasteiger partial charge in [-0.15, -0.1) is 5.10 Å². The predicted octanol–water partition coefficient (Wildman–Crippen LogP) is 5.37. The normalized spacial score (nSPS) is 10.6. The van der Waals surface area contributed by atoms with Crippen molar-refractivity contribution in [3.8, 4) is 5.69 Å². The molecular weight excluding hydrogens is 322 g/mol. The minimum Gasteiger partial charge on any atom is -0.329 e. The summed E-state index contributed by atoms with van der Waals surface area (Å²) in [5, 5.41) is 9.12. The zero-order valence-electron chi connectivity index (χ0n) is 11.2. The lowest BCUT2D eigenvalue weighted by molar-refractivity contribution is 0.874. The summed E-state index contributed by atoms with van der Waals surface area (Å²) in [6.45, 7) is 2.02. The van der Waals surface area contributed by atoms with Crippen molar-refractivity contribution < 1.29 is 0 Å². The van der Waals surface area contributed by atoms with Gasteiger partial charge < -0.3 is 5.32 Å². The van der Waals surface area contributed by atoms with Crippen molar-refractivity contribution in [1.29, 1.82) is 0 Å². The molecule has 1 N–H and O–H groups in total. The van der Waals surface area contributed by atoms with E-state index in [-0.39, 0.29) is 0 Å². The van der Waals surface area contributed by atoms with Crippen LogP contribution in [0.3, 0.4) is 0 Å². The molecule has 0 fully saturated rings. The van der Waals surface area contributed by atoms with E-state index in [4.69, 9.17) is 23.8 Å². The molecule has 1 aromatic heterocycles. The Kier molecular flexibility index (Phi) is 4.05. The Labute approximate surface area is 136 Å². The fourth-order valence-corrected chi connectivity index (χ4v) is 3.14. The van der Waals surface area contributed by atoms with E-state index in [1.165, 1.54) is 11.3 Å². The van der Waals surface area contributed by atoms with Gasteiger partial charge in [-0.25, -0.2) is 4.68 Å². The maximum Gasteiger partial charge on any atom is 0.209 e. The molecule has 0 saturated carbocycles. The number of nitrogens with zero attached hydrogens (tertiary/aromatic N) is 2. The Hall–Kier alpha value is -1.69. The average Bonchev–Trinajstić information content (AvgIpc) is 2.84. The van der Waals surface area contributed by atoms with Crippen molar-refractivity contribution in [3.63, 3.8) is 0 Å². The number of benzene rings is 2. The summed E-state index contributed by atoms with van der Waals surface area (Å²) in [6.07, 6.45) is 0. The summed E-state index contributed by atoms with van der Waals surface area (Å²) in [5.74, 6) is 0. The van der Waals surface area contributed by atoms with Gasteiger partial charge in [0, 0.05) is 0 Å². The molecule has 0 amide bonds. The molecule has 0 saturated heterocycles. The highest BCUT2D eigenvalue weighted by Gasteiger charge is 2.08. The molecule has 6 heteroatoms. The monoisotopic (exact) mass is 333 g/mol. The average molecular weight is 334 g/mol. The Morgan fingerprint density at radius 3 is 2.71 bits per heavy atom. The molecule has 21 heavy (non-hydrogen) atoms. The quantitative estimate of drug-likeness (QED) is 0.653. The molecule has 0 bridgehead atoms. The summed E-state index contributed by atoms with van der Waals surface area (Å²) < 4.78 is 2.43. The van der Waals surface area contributed by atoms with E-state index >= 15 is 0 Å². The van der Waals surface area contributed by atoms with Gasteiger partial charge in [0.1, 0.15) is 0 Å². The highest BCUT2D eigenvalue weighted by Crippen LogP contribution is 2.28. The number of aryl methyl sites for hydroxylation is 1. The van der Waals surface area contributed by atoms with Gasteiger partial charge in [-0.2, -0.15) is 0 Å². The van der Waals surface area contributed by atoms with Crippen molar-refractivity contribution in [2.75, 3.05) is 5.32 Å². The number of rotatable bonds is 3. The second-order valence-electron chi connectivity index (χ2n) is 4.53. The van der Waals surface area contributed by atoms with E-state index in [9.17, 15) is 0 Å². The molecule has 0 aliphatic heterocycles. The molecule has 0 radical (unpaired) electrons. The van der Waals surface area contributed by atoms with Crippen LogP contribution in [0, 0.1) is 10.9 Å². The first kappa shape index (κ1) is 14.3. The van der Waals surface area contributed by atoms with Crippen LogP contribution in [-0.2, 0) is 0 Å². The standard InChI is InChI=1S/C15H12ClN3S2/c1-10-7-8-12(16)13(9-10)17-14-18-19(15(20)21-14)11-5-3-2-4-6-11/h2-9H,1H3,(H,17,18). The van der Waals surface area contributed by atoms with Crippen LogP contribution in [0.2, 0.25) is 5.02 Å². The molecule has 3 aromatic rings. The van der Waals surface area contributed by atoms with E-state index < -0.39 is 0 Å². The Bertz CT molecular complexity index is 824. The molecule has 1 heterocycles. The molecule has 0 unspecified atom stereocenters. The number of para-hydroxylation sites is 1. The van der Waals surface area contributed by atoms with Gasteiger partial charge in [0.25, 0.3) is 0 Å². The van der Waals surface area contributed by atoms with Crippen LogP contribution < -0.4 is 5.32 Å². The first-order chi connectivity index (χ1) is 10.1. The lowest BCUT2D eigenvalue weighted by Gasteiger charge is -2.05. The Morgan fingerprint density at radius 2 is 1.95 bits per heavy atom. The molecule has 0 aliphatic rings. The molecule has 2 aromatic carbocycles.